The van der Waals surface area contributed by atoms with E-state index in [1.165, 1.54) is 81.9 Å². The summed E-state index contributed by atoms with van der Waals surface area (Å²) in [5, 5.41) is 12.3. The van der Waals surface area contributed by atoms with Crippen LogP contribution >= 0.6 is 0 Å². The van der Waals surface area contributed by atoms with Crippen LogP contribution < -0.4 is 0 Å². The maximum Gasteiger partial charge on any atom is 0.136 e. The zero-order valence-electron chi connectivity index (χ0n) is 25.6. The number of furan rings is 1. The molecule has 0 fully saturated rings. The minimum atomic E-state index is 0.914. The molecule has 0 aliphatic heterocycles. The molecule has 1 heteroatoms. The molecular formula is C46H28O. The van der Waals surface area contributed by atoms with Crippen LogP contribution in [0.1, 0.15) is 0 Å². The molecule has 0 atom stereocenters. The SMILES string of the molecule is c1ccc(-c2ccc3cc(-c4c5ccccc5c(-c5ccc6oc7ccc8ccccc8c7c6c5)c5ccccc45)ccc3c2)cc1. The van der Waals surface area contributed by atoms with Crippen molar-refractivity contribution >= 4 is 65.0 Å². The van der Waals surface area contributed by atoms with Gasteiger partial charge in [-0.1, -0.05) is 140 Å². The lowest BCUT2D eigenvalue weighted by Crippen LogP contribution is -1.91. The van der Waals surface area contributed by atoms with Gasteiger partial charge in [0.25, 0.3) is 0 Å². The standard InChI is InChI=1S/C46H28O/c1-2-10-29(11-3-1)31-18-19-33-27-34(21-20-32(33)26-31)44-37-14-6-8-16-39(37)45(40-17-9-7-15-38(40)44)35-23-24-42-41(28-35)46-36-13-5-4-12-30(36)22-25-43(46)47-42/h1-28H. The van der Waals surface area contributed by atoms with E-state index in [0.717, 1.165) is 16.6 Å². The normalized spacial score (nSPS) is 11.8. The average Bonchev–Trinajstić information content (AvgIpc) is 3.52. The smallest absolute Gasteiger partial charge is 0.136 e. The molecule has 1 aromatic heterocycles. The van der Waals surface area contributed by atoms with Gasteiger partial charge in [-0.3, -0.25) is 0 Å². The molecule has 1 nitrogen and oxygen atoms in total. The first kappa shape index (κ1) is 26.1. The van der Waals surface area contributed by atoms with E-state index >= 15 is 0 Å². The average molecular weight is 597 g/mol. The first-order chi connectivity index (χ1) is 23.3. The Hall–Kier alpha value is -6.18. The van der Waals surface area contributed by atoms with Crippen molar-refractivity contribution in [2.24, 2.45) is 0 Å². The molecule has 10 aromatic rings. The van der Waals surface area contributed by atoms with Crippen LogP contribution in [-0.4, -0.2) is 0 Å². The van der Waals surface area contributed by atoms with Crippen molar-refractivity contribution in [3.8, 4) is 33.4 Å². The van der Waals surface area contributed by atoms with Crippen molar-refractivity contribution in [3.05, 3.63) is 170 Å². The van der Waals surface area contributed by atoms with Gasteiger partial charge in [0.15, 0.2) is 0 Å². The molecule has 0 bridgehead atoms. The number of benzene rings is 9. The minimum Gasteiger partial charge on any atom is -0.456 e. The first-order valence-electron chi connectivity index (χ1n) is 16.2. The fraction of sp³-hybridized carbons (Fsp3) is 0. The third kappa shape index (κ3) is 4.03. The maximum absolute atomic E-state index is 6.37. The summed E-state index contributed by atoms with van der Waals surface area (Å²) in [6.45, 7) is 0. The Morgan fingerprint density at radius 3 is 1.45 bits per heavy atom. The Morgan fingerprint density at radius 2 is 0.766 bits per heavy atom. The Balaban J connectivity index is 1.22. The Bertz CT molecular complexity index is 2780. The highest BCUT2D eigenvalue weighted by Gasteiger charge is 2.18. The number of rotatable bonds is 3. The lowest BCUT2D eigenvalue weighted by molar-refractivity contribution is 0.669. The van der Waals surface area contributed by atoms with Gasteiger partial charge in [-0.25, -0.2) is 0 Å². The molecule has 1 heterocycles. The topological polar surface area (TPSA) is 13.1 Å². The van der Waals surface area contributed by atoms with Crippen LogP contribution in [0.25, 0.3) is 98.4 Å². The monoisotopic (exact) mass is 596 g/mol. The minimum absolute atomic E-state index is 0.914. The van der Waals surface area contributed by atoms with Crippen LogP contribution in [0, 0.1) is 0 Å². The lowest BCUT2D eigenvalue weighted by Gasteiger charge is -2.18. The predicted octanol–water partition coefficient (Wildman–Crippen LogP) is 13.2. The summed E-state index contributed by atoms with van der Waals surface area (Å²) in [7, 11) is 0. The van der Waals surface area contributed by atoms with Gasteiger partial charge in [0.1, 0.15) is 11.2 Å². The van der Waals surface area contributed by atoms with Gasteiger partial charge < -0.3 is 4.42 Å². The van der Waals surface area contributed by atoms with Crippen LogP contribution in [0.4, 0.5) is 0 Å². The maximum atomic E-state index is 6.37. The van der Waals surface area contributed by atoms with Gasteiger partial charge in [0.2, 0.25) is 0 Å². The molecule has 0 spiro atoms. The van der Waals surface area contributed by atoms with E-state index < -0.39 is 0 Å². The Kier molecular flexibility index (Phi) is 5.64. The highest BCUT2D eigenvalue weighted by molar-refractivity contribution is 6.24. The summed E-state index contributed by atoms with van der Waals surface area (Å²) >= 11 is 0. The third-order valence-corrected chi connectivity index (χ3v) is 9.82. The molecule has 0 aliphatic carbocycles. The van der Waals surface area contributed by atoms with E-state index in [1.54, 1.807) is 0 Å². The van der Waals surface area contributed by atoms with Gasteiger partial charge in [0, 0.05) is 10.8 Å². The molecule has 0 saturated heterocycles. The highest BCUT2D eigenvalue weighted by Crippen LogP contribution is 2.45. The van der Waals surface area contributed by atoms with E-state index in [9.17, 15) is 0 Å². The predicted molar refractivity (Wildman–Crippen MR) is 200 cm³/mol. The molecule has 0 saturated carbocycles. The summed E-state index contributed by atoms with van der Waals surface area (Å²) < 4.78 is 6.37. The molecule has 0 N–H and O–H groups in total. The first-order valence-corrected chi connectivity index (χ1v) is 16.2. The van der Waals surface area contributed by atoms with Crippen LogP contribution in [0.3, 0.4) is 0 Å². The van der Waals surface area contributed by atoms with Crippen molar-refractivity contribution in [1.82, 2.24) is 0 Å². The zero-order valence-corrected chi connectivity index (χ0v) is 25.6. The molecular weight excluding hydrogens is 569 g/mol. The molecule has 9 aromatic carbocycles. The second kappa shape index (κ2) is 10.2. The van der Waals surface area contributed by atoms with E-state index in [1.807, 2.05) is 0 Å². The van der Waals surface area contributed by atoms with Gasteiger partial charge in [-0.05, 0) is 107 Å². The van der Waals surface area contributed by atoms with Crippen molar-refractivity contribution in [3.63, 3.8) is 0 Å². The van der Waals surface area contributed by atoms with Crippen LogP contribution in [0.5, 0.6) is 0 Å². The Morgan fingerprint density at radius 1 is 0.277 bits per heavy atom. The van der Waals surface area contributed by atoms with E-state index in [-0.39, 0.29) is 0 Å². The zero-order chi connectivity index (χ0) is 30.9. The molecule has 0 amide bonds. The van der Waals surface area contributed by atoms with Gasteiger partial charge in [-0.2, -0.15) is 0 Å². The summed E-state index contributed by atoms with van der Waals surface area (Å²) in [5.41, 5.74) is 9.26. The highest BCUT2D eigenvalue weighted by atomic mass is 16.3. The van der Waals surface area contributed by atoms with Crippen molar-refractivity contribution in [1.29, 1.82) is 0 Å². The van der Waals surface area contributed by atoms with Crippen LogP contribution in [-0.2, 0) is 0 Å². The largest absolute Gasteiger partial charge is 0.456 e. The van der Waals surface area contributed by atoms with E-state index in [0.29, 0.717) is 0 Å². The molecule has 0 aliphatic rings. The number of hydrogen-bond acceptors (Lipinski definition) is 1. The number of fused-ring (bicyclic) bond motifs is 8. The van der Waals surface area contributed by atoms with Gasteiger partial charge in [0.05, 0.1) is 0 Å². The second-order valence-electron chi connectivity index (χ2n) is 12.5. The molecule has 0 radical (unpaired) electrons. The molecule has 0 unspecified atom stereocenters. The van der Waals surface area contributed by atoms with Crippen LogP contribution in [0.15, 0.2) is 174 Å². The lowest BCUT2D eigenvalue weighted by atomic mass is 9.85. The third-order valence-electron chi connectivity index (χ3n) is 9.82. The summed E-state index contributed by atoms with van der Waals surface area (Å²) in [5.74, 6) is 0. The van der Waals surface area contributed by atoms with Crippen molar-refractivity contribution < 1.29 is 4.42 Å². The molecule has 10 rings (SSSR count). The van der Waals surface area contributed by atoms with E-state index in [4.69, 9.17) is 4.42 Å². The second-order valence-corrected chi connectivity index (χ2v) is 12.5. The fourth-order valence-electron chi connectivity index (χ4n) is 7.66. The number of hydrogen-bond donors (Lipinski definition) is 0. The van der Waals surface area contributed by atoms with E-state index in [2.05, 4.69) is 170 Å². The summed E-state index contributed by atoms with van der Waals surface area (Å²) in [4.78, 5) is 0. The van der Waals surface area contributed by atoms with Gasteiger partial charge >= 0.3 is 0 Å². The fourth-order valence-corrected chi connectivity index (χ4v) is 7.66. The summed E-state index contributed by atoms with van der Waals surface area (Å²) in [6.07, 6.45) is 0. The van der Waals surface area contributed by atoms with Crippen molar-refractivity contribution in [2.45, 2.75) is 0 Å². The van der Waals surface area contributed by atoms with Gasteiger partial charge in [-0.15, -0.1) is 0 Å². The van der Waals surface area contributed by atoms with Crippen LogP contribution in [0.2, 0.25) is 0 Å². The molecule has 47 heavy (non-hydrogen) atoms. The van der Waals surface area contributed by atoms with Crippen molar-refractivity contribution in [2.75, 3.05) is 0 Å². The molecule has 218 valence electrons. The Labute approximate surface area is 271 Å². The quantitative estimate of drug-likeness (QED) is 0.185. The summed E-state index contributed by atoms with van der Waals surface area (Å²) in [6, 6.07) is 61.6.